The average Bonchev–Trinajstić information content (AvgIpc) is 3.31. The van der Waals surface area contributed by atoms with E-state index in [4.69, 9.17) is 27.7 Å². The first-order valence-corrected chi connectivity index (χ1v) is 27.7. The van der Waals surface area contributed by atoms with Crippen molar-refractivity contribution in [1.29, 1.82) is 0 Å². The molecule has 0 fully saturated rings. The lowest BCUT2D eigenvalue weighted by Gasteiger charge is -2.41. The van der Waals surface area contributed by atoms with Gasteiger partial charge in [-0.1, -0.05) is 116 Å². The Balaban J connectivity index is 0.00000400. The number of nitrogens with two attached hydrogens (primary N) is 4. The van der Waals surface area contributed by atoms with Crippen LogP contribution in [0.2, 0.25) is 0 Å². The van der Waals surface area contributed by atoms with E-state index >= 15 is 0 Å². The van der Waals surface area contributed by atoms with E-state index in [1.54, 1.807) is 0 Å². The zero-order valence-corrected chi connectivity index (χ0v) is 52.8. The first-order chi connectivity index (χ1) is 34.6. The Bertz CT molecular complexity index is 2620. The second-order valence-corrected chi connectivity index (χ2v) is 26.8. The van der Waals surface area contributed by atoms with Crippen LogP contribution in [0.25, 0.3) is 0 Å². The Hall–Kier alpha value is -4.50. The molecule has 0 radical (unpaired) electrons. The van der Waals surface area contributed by atoms with Crippen molar-refractivity contribution in [3.05, 3.63) is 169 Å². The van der Waals surface area contributed by atoms with Crippen molar-refractivity contribution in [1.82, 2.24) is 19.6 Å². The highest BCUT2D eigenvalue weighted by Crippen LogP contribution is 2.54. The third-order valence-corrected chi connectivity index (χ3v) is 18.1. The van der Waals surface area contributed by atoms with Gasteiger partial charge < -0.3 is 54.4 Å². The van der Waals surface area contributed by atoms with Gasteiger partial charge in [-0.15, -0.1) is 42.5 Å². The van der Waals surface area contributed by atoms with Gasteiger partial charge in [0.05, 0.1) is 22.7 Å². The van der Waals surface area contributed by atoms with Gasteiger partial charge in [-0.05, 0) is 120 Å². The minimum atomic E-state index is -1.32. The van der Waals surface area contributed by atoms with Crippen LogP contribution >= 0.6 is 15.8 Å². The monoisotopic (exact) mass is 1170 g/mol. The minimum Gasteiger partial charge on any atom is -1.00 e. The van der Waals surface area contributed by atoms with Crippen LogP contribution in [-0.2, 0) is 16.2 Å². The van der Waals surface area contributed by atoms with Crippen molar-refractivity contribution in [3.63, 3.8) is 0 Å². The summed E-state index contributed by atoms with van der Waals surface area (Å²) in [7, 11) is 12.8. The molecule has 19 heteroatoms. The van der Waals surface area contributed by atoms with Gasteiger partial charge in [0.1, 0.15) is 11.5 Å². The van der Waals surface area contributed by atoms with Gasteiger partial charge in [0, 0.05) is 83.5 Å². The molecule has 13 nitrogen and oxygen atoms in total. The second kappa shape index (κ2) is 27.3. The van der Waals surface area contributed by atoms with Crippen molar-refractivity contribution in [2.45, 2.75) is 71.6 Å². The van der Waals surface area contributed by atoms with Crippen molar-refractivity contribution >= 4 is 70.4 Å². The molecule has 78 heavy (non-hydrogen) atoms. The number of nitrogens with zero attached hydrogens (tertiary/aromatic N) is 4. The zero-order valence-electron chi connectivity index (χ0n) is 48.0. The van der Waals surface area contributed by atoms with E-state index < -0.39 is 21.3 Å². The molecule has 0 saturated heterocycles. The summed E-state index contributed by atoms with van der Waals surface area (Å²) < 4.78 is 7.91. The Morgan fingerprint density at radius 3 is 0.872 bits per heavy atom. The maximum atomic E-state index is 7.91. The van der Waals surface area contributed by atoms with E-state index in [1.165, 1.54) is 11.1 Å². The Kier molecular flexibility index (Phi) is 23.7. The highest BCUT2D eigenvalue weighted by Gasteiger charge is 2.42. The fourth-order valence-electron chi connectivity index (χ4n) is 8.60. The highest BCUT2D eigenvalue weighted by atomic mass is 35.5. The molecule has 0 amide bonds. The first-order valence-electron chi connectivity index (χ1n) is 25.0. The standard InChI is InChI=1S/C59H80N12OP2.4ClH/c1-57(2,3)37-29-47-51(49(31-37)73(43-25-17-21-39(33-43)64-53(60)68(9)10)44-26-18-22-40(34-44)65-54(61)69(11)12)72-52-48(59(47,7)8)30-38(58(4,5)6)32-50(52)74(45-27-19-23-41(35-45)66-55(62)70(13)14)46-28-20-24-42(36-46)67-56(63)71(15)16;;;;/h17-36,64-67H,60-63H2,1-16H3;4*1H/q+4;;;;/p-4. The molecule has 0 aliphatic carbocycles. The predicted molar refractivity (Wildman–Crippen MR) is 319 cm³/mol. The fraction of sp³-hybridized carbons (Fsp3) is 0.322. The van der Waals surface area contributed by atoms with E-state index in [1.807, 2.05) is 76.0 Å². The summed E-state index contributed by atoms with van der Waals surface area (Å²) in [6.07, 6.45) is 2.17. The van der Waals surface area contributed by atoms with Crippen LogP contribution in [0.5, 0.6) is 11.5 Å². The lowest BCUT2D eigenvalue weighted by molar-refractivity contribution is -0.00100. The number of halogens is 4. The number of ether oxygens (including phenoxy) is 1. The van der Waals surface area contributed by atoms with Crippen LogP contribution in [0.1, 0.15) is 77.6 Å². The van der Waals surface area contributed by atoms with Gasteiger partial charge in [-0.2, -0.15) is 21.3 Å². The molecule has 420 valence electrons. The maximum Gasteiger partial charge on any atom is 0.369 e. The van der Waals surface area contributed by atoms with Crippen LogP contribution < -0.4 is 130 Å². The van der Waals surface area contributed by atoms with Crippen molar-refractivity contribution in [2.24, 2.45) is 22.9 Å². The summed E-state index contributed by atoms with van der Waals surface area (Å²) >= 11 is 0. The molecule has 1 aliphatic heterocycles. The van der Waals surface area contributed by atoms with Crippen LogP contribution in [-0.4, -0.2) is 76.0 Å². The van der Waals surface area contributed by atoms with E-state index in [0.717, 1.165) is 77.2 Å². The minimum absolute atomic E-state index is 0. The number of fused-ring (bicyclic) bond motifs is 2. The van der Waals surface area contributed by atoms with Crippen LogP contribution in [0, 0.1) is 25.2 Å². The molecule has 7 rings (SSSR count). The smallest absolute Gasteiger partial charge is 0.369 e. The van der Waals surface area contributed by atoms with Gasteiger partial charge in [-0.25, -0.2) is 0 Å². The van der Waals surface area contributed by atoms with E-state index in [9.17, 15) is 0 Å². The molecule has 1 aliphatic rings. The predicted octanol–water partition coefficient (Wildman–Crippen LogP) is -4.24. The maximum absolute atomic E-state index is 7.91. The third-order valence-electron chi connectivity index (χ3n) is 13.3. The molecule has 0 spiro atoms. The highest BCUT2D eigenvalue weighted by molar-refractivity contribution is 7.80. The Labute approximate surface area is 493 Å². The second-order valence-electron chi connectivity index (χ2n) is 22.5. The van der Waals surface area contributed by atoms with Gasteiger partial charge >= 0.3 is 25.2 Å². The van der Waals surface area contributed by atoms with Crippen molar-refractivity contribution < 1.29 is 54.4 Å². The lowest BCUT2D eigenvalue weighted by atomic mass is 9.72. The Morgan fingerprint density at radius 2 is 0.654 bits per heavy atom. The van der Waals surface area contributed by atoms with E-state index in [0.29, 0.717) is 25.2 Å². The summed E-state index contributed by atoms with van der Waals surface area (Å²) in [5, 5.41) is 20.5. The number of nitrogens with one attached hydrogen (secondary N) is 4. The van der Waals surface area contributed by atoms with Gasteiger partial charge in [0.2, 0.25) is 0 Å². The summed E-state index contributed by atoms with van der Waals surface area (Å²) in [5.74, 6) is 1.73. The number of hydrogen-bond donors (Lipinski definition) is 8. The number of benzene rings is 6. The zero-order chi connectivity index (χ0) is 54.2. The first kappa shape index (κ1) is 67.8. The van der Waals surface area contributed by atoms with Gasteiger partial charge in [0.25, 0.3) is 0 Å². The number of rotatable bonds is 18. The molecule has 0 bridgehead atoms. The summed E-state index contributed by atoms with van der Waals surface area (Å²) in [6.45, 7) is 18.5. The molecule has 0 aromatic heterocycles. The average molecular weight is 1180 g/mol. The topological polar surface area (TPSA) is 174 Å². The molecule has 12 N–H and O–H groups in total. The number of anilines is 4. The largest absolute Gasteiger partial charge is 1.00 e. The molecule has 6 aromatic rings. The van der Waals surface area contributed by atoms with Crippen molar-refractivity contribution in [2.75, 3.05) is 77.6 Å². The Morgan fingerprint density at radius 1 is 0.410 bits per heavy atom. The van der Waals surface area contributed by atoms with Gasteiger partial charge in [0.15, 0.2) is 0 Å². The molecule has 1 heterocycles. The molecular formula is C59H80Cl4N12OP2. The molecule has 0 unspecified atom stereocenters. The van der Waals surface area contributed by atoms with E-state index in [-0.39, 0.29) is 60.5 Å². The molecule has 0 atom stereocenters. The summed E-state index contributed by atoms with van der Waals surface area (Å²) in [5.41, 5.74) is 33.5. The van der Waals surface area contributed by atoms with Crippen LogP contribution in [0.4, 0.5) is 22.7 Å². The van der Waals surface area contributed by atoms with Gasteiger partial charge in [-0.3, -0.25) is 0 Å². The number of hydrogen-bond acceptors (Lipinski definition) is 13. The van der Waals surface area contributed by atoms with Crippen LogP contribution in [0.3, 0.4) is 0 Å². The third kappa shape index (κ3) is 15.5. The quantitative estimate of drug-likeness (QED) is 0.0308. The normalized spacial score (nSPS) is 12.6. The van der Waals surface area contributed by atoms with Crippen LogP contribution in [0.15, 0.2) is 121 Å². The molecule has 0 saturated carbocycles. The fourth-order valence-corrected chi connectivity index (χ4v) is 13.6. The lowest BCUT2D eigenvalue weighted by Crippen LogP contribution is -3.00. The molecular weight excluding hydrogens is 1100 g/mol. The molecule has 6 aromatic carbocycles. The SMILES string of the molecule is CN(C)[C+](N)Nc1cccc(P(c2cccc(N[C+](N)N(C)C)c2)c2cc(C(C)(C)C)cc3c2Oc2c(P(c4cccc(N[C+](N)N(C)C)c4)c4cccc(N[C+](N)N(C)C)c4)cc(C(C)(C)C)cc2C3(C)C)c1.[Cl-].[Cl-].[Cl-].[Cl-]. The summed E-state index contributed by atoms with van der Waals surface area (Å²) in [4.78, 5) is 7.50. The summed E-state index contributed by atoms with van der Waals surface area (Å²) in [6, 6.07) is 44.1. The van der Waals surface area contributed by atoms with Crippen molar-refractivity contribution in [3.8, 4) is 11.5 Å². The van der Waals surface area contributed by atoms with E-state index in [2.05, 4.69) is 198 Å².